The first kappa shape index (κ1) is 14.9. The summed E-state index contributed by atoms with van der Waals surface area (Å²) in [5.41, 5.74) is 1.72. The van der Waals surface area contributed by atoms with E-state index in [1.54, 1.807) is 11.8 Å². The zero-order chi connectivity index (χ0) is 13.2. The summed E-state index contributed by atoms with van der Waals surface area (Å²) in [6, 6.07) is 8.30. The number of nitrogens with one attached hydrogen (secondary N) is 2. The van der Waals surface area contributed by atoms with E-state index < -0.39 is 0 Å². The largest absolute Gasteiger partial charge is 0.384 e. The molecule has 0 aromatic heterocycles. The van der Waals surface area contributed by atoms with E-state index in [-0.39, 0.29) is 0 Å². The van der Waals surface area contributed by atoms with Crippen molar-refractivity contribution in [3.8, 4) is 6.07 Å². The van der Waals surface area contributed by atoms with Crippen LogP contribution in [-0.2, 0) is 0 Å². The first-order valence-corrected chi connectivity index (χ1v) is 7.42. The Kier molecular flexibility index (Phi) is 7.31. The minimum Gasteiger partial charge on any atom is -0.384 e. The van der Waals surface area contributed by atoms with Crippen molar-refractivity contribution < 1.29 is 0 Å². The molecule has 2 N–H and O–H groups in total. The zero-order valence-corrected chi connectivity index (χ0v) is 11.9. The summed E-state index contributed by atoms with van der Waals surface area (Å²) in [5, 5.41) is 15.9. The Balaban J connectivity index is 2.59. The minimum atomic E-state index is 0.771. The van der Waals surface area contributed by atoms with Crippen molar-refractivity contribution >= 4 is 17.4 Å². The van der Waals surface area contributed by atoms with Gasteiger partial charge in [0.05, 0.1) is 11.3 Å². The Hall–Kier alpha value is -1.18. The van der Waals surface area contributed by atoms with Crippen molar-refractivity contribution in [1.82, 2.24) is 5.32 Å². The molecule has 98 valence electrons. The van der Waals surface area contributed by atoms with Crippen molar-refractivity contribution in [3.05, 3.63) is 23.8 Å². The summed E-state index contributed by atoms with van der Waals surface area (Å²) in [5.74, 6) is 0.985. The van der Waals surface area contributed by atoms with Gasteiger partial charge in [0.1, 0.15) is 6.07 Å². The zero-order valence-electron chi connectivity index (χ0n) is 11.1. The smallest absolute Gasteiger partial charge is 0.102 e. The van der Waals surface area contributed by atoms with Gasteiger partial charge >= 0.3 is 0 Å². The molecule has 0 bridgehead atoms. The fraction of sp³-hybridized carbons (Fsp3) is 0.500. The van der Waals surface area contributed by atoms with Gasteiger partial charge in [-0.1, -0.05) is 19.9 Å². The minimum absolute atomic E-state index is 0.771. The first-order chi connectivity index (χ1) is 8.83. The van der Waals surface area contributed by atoms with Crippen LogP contribution in [0, 0.1) is 11.3 Å². The molecule has 0 saturated carbocycles. The molecule has 0 spiro atoms. The fourth-order valence-corrected chi connectivity index (χ4v) is 2.47. The predicted molar refractivity (Wildman–Crippen MR) is 79.2 cm³/mol. The molecule has 0 heterocycles. The average Bonchev–Trinajstić information content (AvgIpc) is 2.39. The lowest BCUT2D eigenvalue weighted by Gasteiger charge is -2.11. The van der Waals surface area contributed by atoms with Gasteiger partial charge < -0.3 is 10.6 Å². The summed E-state index contributed by atoms with van der Waals surface area (Å²) in [4.78, 5) is 1.07. The van der Waals surface area contributed by atoms with Gasteiger partial charge in [-0.25, -0.2) is 0 Å². The molecule has 1 aromatic rings. The monoisotopic (exact) mass is 263 g/mol. The Bertz CT molecular complexity index is 399. The third kappa shape index (κ3) is 4.59. The second-order valence-electron chi connectivity index (χ2n) is 3.86. The molecule has 0 aliphatic carbocycles. The van der Waals surface area contributed by atoms with Gasteiger partial charge in [0.25, 0.3) is 0 Å². The predicted octanol–water partition coefficient (Wildman–Crippen LogP) is 3.08. The quantitative estimate of drug-likeness (QED) is 0.559. The normalized spacial score (nSPS) is 10.1. The molecule has 1 aromatic carbocycles. The van der Waals surface area contributed by atoms with Gasteiger partial charge in [-0.15, -0.1) is 11.8 Å². The molecule has 1 rings (SSSR count). The molecular formula is C14H21N3S. The van der Waals surface area contributed by atoms with Crippen molar-refractivity contribution in [2.24, 2.45) is 0 Å². The number of hydrogen-bond acceptors (Lipinski definition) is 4. The highest BCUT2D eigenvalue weighted by atomic mass is 32.2. The van der Waals surface area contributed by atoms with Crippen LogP contribution in [0.1, 0.15) is 25.8 Å². The van der Waals surface area contributed by atoms with Gasteiger partial charge in [-0.3, -0.25) is 0 Å². The second-order valence-corrected chi connectivity index (χ2v) is 5.16. The molecule has 0 radical (unpaired) electrons. The Labute approximate surface area is 114 Å². The van der Waals surface area contributed by atoms with E-state index in [1.807, 2.05) is 18.2 Å². The van der Waals surface area contributed by atoms with Crippen LogP contribution in [0.25, 0.3) is 0 Å². The molecule has 0 saturated heterocycles. The maximum Gasteiger partial charge on any atom is 0.102 e. The maximum absolute atomic E-state index is 9.25. The maximum atomic E-state index is 9.25. The summed E-state index contributed by atoms with van der Waals surface area (Å²) in [6.07, 6.45) is 1.06. The highest BCUT2D eigenvalue weighted by Crippen LogP contribution is 2.27. The molecule has 4 heteroatoms. The molecule has 0 fully saturated rings. The van der Waals surface area contributed by atoms with Crippen molar-refractivity contribution in [1.29, 1.82) is 5.26 Å². The molecule has 3 nitrogen and oxygen atoms in total. The third-order valence-electron chi connectivity index (χ3n) is 2.53. The standard InChI is InChI=1S/C14H21N3S/c1-3-16-9-6-10-17-13-7-5-8-14(18-4-2)12(13)11-15/h5,7-8,16-17H,3-4,6,9-10H2,1-2H3. The van der Waals surface area contributed by atoms with Gasteiger partial charge in [0.2, 0.25) is 0 Å². The molecule has 0 unspecified atom stereocenters. The van der Waals surface area contributed by atoms with E-state index in [0.29, 0.717) is 0 Å². The van der Waals surface area contributed by atoms with Crippen LogP contribution in [0.2, 0.25) is 0 Å². The number of anilines is 1. The summed E-state index contributed by atoms with van der Waals surface area (Å²) < 4.78 is 0. The van der Waals surface area contributed by atoms with E-state index in [4.69, 9.17) is 0 Å². The number of thioether (sulfide) groups is 1. The lowest BCUT2D eigenvalue weighted by Crippen LogP contribution is -2.17. The summed E-state index contributed by atoms with van der Waals surface area (Å²) in [6.45, 7) is 7.11. The van der Waals surface area contributed by atoms with Crippen LogP contribution >= 0.6 is 11.8 Å². The number of benzene rings is 1. The van der Waals surface area contributed by atoms with Crippen LogP contribution in [-0.4, -0.2) is 25.4 Å². The molecule has 0 amide bonds. The van der Waals surface area contributed by atoms with E-state index in [2.05, 4.69) is 30.6 Å². The molecule has 0 aliphatic heterocycles. The van der Waals surface area contributed by atoms with Crippen LogP contribution in [0.4, 0.5) is 5.69 Å². The summed E-state index contributed by atoms with van der Waals surface area (Å²) in [7, 11) is 0. The molecule has 0 aliphatic rings. The highest BCUT2D eigenvalue weighted by molar-refractivity contribution is 7.99. The van der Waals surface area contributed by atoms with Crippen LogP contribution in [0.3, 0.4) is 0 Å². The third-order valence-corrected chi connectivity index (χ3v) is 3.47. The average molecular weight is 263 g/mol. The number of nitrogens with zero attached hydrogens (tertiary/aromatic N) is 1. The van der Waals surface area contributed by atoms with Gasteiger partial charge in [0.15, 0.2) is 0 Å². The first-order valence-electron chi connectivity index (χ1n) is 6.44. The van der Waals surface area contributed by atoms with E-state index in [9.17, 15) is 5.26 Å². The van der Waals surface area contributed by atoms with Crippen molar-refractivity contribution in [2.45, 2.75) is 25.2 Å². The van der Waals surface area contributed by atoms with E-state index in [0.717, 1.165) is 48.0 Å². The Morgan fingerprint density at radius 1 is 1.28 bits per heavy atom. The van der Waals surface area contributed by atoms with Crippen molar-refractivity contribution in [2.75, 3.05) is 30.7 Å². The molecule has 18 heavy (non-hydrogen) atoms. The topological polar surface area (TPSA) is 47.8 Å². The van der Waals surface area contributed by atoms with Crippen LogP contribution < -0.4 is 10.6 Å². The Morgan fingerprint density at radius 2 is 2.11 bits per heavy atom. The van der Waals surface area contributed by atoms with Gasteiger partial charge in [-0.2, -0.15) is 5.26 Å². The molecular weight excluding hydrogens is 242 g/mol. The number of hydrogen-bond donors (Lipinski definition) is 2. The van der Waals surface area contributed by atoms with E-state index in [1.165, 1.54) is 0 Å². The SMILES string of the molecule is CCNCCCNc1cccc(SCC)c1C#N. The lowest BCUT2D eigenvalue weighted by molar-refractivity contribution is 0.688. The van der Waals surface area contributed by atoms with E-state index >= 15 is 0 Å². The number of nitriles is 1. The summed E-state index contributed by atoms with van der Waals surface area (Å²) >= 11 is 1.71. The van der Waals surface area contributed by atoms with Crippen molar-refractivity contribution in [3.63, 3.8) is 0 Å². The highest BCUT2D eigenvalue weighted by Gasteiger charge is 2.07. The Morgan fingerprint density at radius 3 is 2.78 bits per heavy atom. The van der Waals surface area contributed by atoms with Crippen LogP contribution in [0.5, 0.6) is 0 Å². The fourth-order valence-electron chi connectivity index (χ4n) is 1.68. The second kappa shape index (κ2) is 8.84. The lowest BCUT2D eigenvalue weighted by atomic mass is 10.2. The van der Waals surface area contributed by atoms with Gasteiger partial charge in [0, 0.05) is 11.4 Å². The number of rotatable bonds is 8. The van der Waals surface area contributed by atoms with Gasteiger partial charge in [-0.05, 0) is 37.4 Å². The molecule has 0 atom stereocenters. The van der Waals surface area contributed by atoms with Crippen LogP contribution in [0.15, 0.2) is 23.1 Å².